The lowest BCUT2D eigenvalue weighted by Gasteiger charge is -2.15. The summed E-state index contributed by atoms with van der Waals surface area (Å²) < 4.78 is 11.5. The Labute approximate surface area is 228 Å². The number of benzene rings is 4. The van der Waals surface area contributed by atoms with Crippen LogP contribution in [0.15, 0.2) is 97.1 Å². The Morgan fingerprint density at radius 2 is 1.44 bits per heavy atom. The van der Waals surface area contributed by atoms with Gasteiger partial charge >= 0.3 is 5.97 Å². The highest BCUT2D eigenvalue weighted by atomic mass is 16.5. The third-order valence-electron chi connectivity index (χ3n) is 6.07. The summed E-state index contributed by atoms with van der Waals surface area (Å²) in [7, 11) is 0. The molecule has 1 N–H and O–H groups in total. The molecule has 0 saturated carbocycles. The summed E-state index contributed by atoms with van der Waals surface area (Å²) in [6, 6.07) is 29.1. The maximum atomic E-state index is 13.3. The van der Waals surface area contributed by atoms with Crippen LogP contribution < -0.4 is 10.1 Å². The van der Waals surface area contributed by atoms with E-state index < -0.39 is 5.97 Å². The maximum absolute atomic E-state index is 13.3. The number of esters is 1. The van der Waals surface area contributed by atoms with Crippen LogP contribution in [0.3, 0.4) is 0 Å². The number of hydrogen-bond acceptors (Lipinski definition) is 5. The molecule has 0 aromatic heterocycles. The smallest absolute Gasteiger partial charge is 0.339 e. The zero-order chi connectivity index (χ0) is 27.6. The van der Waals surface area contributed by atoms with Gasteiger partial charge in [-0.2, -0.15) is 0 Å². The van der Waals surface area contributed by atoms with Crippen molar-refractivity contribution in [3.8, 4) is 16.9 Å². The molecule has 0 atom stereocenters. The minimum absolute atomic E-state index is 0.0791. The molecule has 4 rings (SSSR count). The maximum Gasteiger partial charge on any atom is 0.339 e. The second kappa shape index (κ2) is 13.2. The van der Waals surface area contributed by atoms with Gasteiger partial charge in [-0.1, -0.05) is 80.6 Å². The second-order valence-electron chi connectivity index (χ2n) is 9.57. The number of carbonyl (C=O) groups excluding carboxylic acids is 3. The summed E-state index contributed by atoms with van der Waals surface area (Å²) in [4.78, 5) is 38.2. The predicted octanol–water partition coefficient (Wildman–Crippen LogP) is 6.49. The van der Waals surface area contributed by atoms with Gasteiger partial charge in [0.1, 0.15) is 19.0 Å². The van der Waals surface area contributed by atoms with Gasteiger partial charge in [0.2, 0.25) is 0 Å². The zero-order valence-electron chi connectivity index (χ0n) is 22.1. The van der Waals surface area contributed by atoms with E-state index in [-0.39, 0.29) is 24.0 Å². The molecular weight excluding hydrogens is 490 g/mol. The molecule has 0 saturated heterocycles. The molecule has 0 fully saturated rings. The molecule has 0 aliphatic heterocycles. The van der Waals surface area contributed by atoms with Gasteiger partial charge in [-0.3, -0.25) is 9.59 Å². The average Bonchev–Trinajstić information content (AvgIpc) is 2.98. The first kappa shape index (κ1) is 27.3. The van der Waals surface area contributed by atoms with Gasteiger partial charge in [0.15, 0.2) is 6.29 Å². The fourth-order valence-electron chi connectivity index (χ4n) is 4.00. The van der Waals surface area contributed by atoms with Crippen molar-refractivity contribution in [2.75, 3.05) is 6.54 Å². The number of hydrogen-bond donors (Lipinski definition) is 1. The molecule has 0 aliphatic carbocycles. The van der Waals surface area contributed by atoms with Crippen LogP contribution in [0.25, 0.3) is 11.1 Å². The van der Waals surface area contributed by atoms with E-state index >= 15 is 0 Å². The molecule has 39 heavy (non-hydrogen) atoms. The van der Waals surface area contributed by atoms with E-state index in [2.05, 4.69) is 5.32 Å². The van der Waals surface area contributed by atoms with Gasteiger partial charge in [-0.25, -0.2) is 4.79 Å². The van der Waals surface area contributed by atoms with E-state index in [9.17, 15) is 14.4 Å². The van der Waals surface area contributed by atoms with Crippen LogP contribution in [0.5, 0.6) is 5.75 Å². The van der Waals surface area contributed by atoms with Crippen molar-refractivity contribution in [2.24, 2.45) is 5.92 Å². The molecule has 198 valence electrons. The Kier molecular flexibility index (Phi) is 9.25. The van der Waals surface area contributed by atoms with Gasteiger partial charge in [0.25, 0.3) is 5.91 Å². The van der Waals surface area contributed by atoms with E-state index in [1.165, 1.54) is 6.07 Å². The van der Waals surface area contributed by atoms with Gasteiger partial charge < -0.3 is 14.8 Å². The van der Waals surface area contributed by atoms with E-state index in [0.29, 0.717) is 41.2 Å². The third-order valence-corrected chi connectivity index (χ3v) is 6.07. The Hall–Kier alpha value is -4.71. The van der Waals surface area contributed by atoms with Gasteiger partial charge in [0.05, 0.1) is 5.56 Å². The van der Waals surface area contributed by atoms with Crippen LogP contribution in [-0.2, 0) is 18.0 Å². The van der Waals surface area contributed by atoms with Gasteiger partial charge in [-0.15, -0.1) is 0 Å². The summed E-state index contributed by atoms with van der Waals surface area (Å²) in [5, 5.41) is 2.88. The number of amides is 1. The molecule has 6 heteroatoms. The van der Waals surface area contributed by atoms with E-state index in [0.717, 1.165) is 17.4 Å². The zero-order valence-corrected chi connectivity index (χ0v) is 22.1. The van der Waals surface area contributed by atoms with Crippen molar-refractivity contribution >= 4 is 18.2 Å². The first-order valence-corrected chi connectivity index (χ1v) is 12.8. The standard InChI is InChI=1S/C33H31NO5/c1-23(2)19-34-32(36)26-13-15-30(31(18-26)33(37)39-22-25-11-7-4-8-12-25)29-16-14-28(17-27(29)20-35)38-21-24-9-5-3-6-10-24/h3-18,20,23H,19,21-22H2,1-2H3,(H,34,36). The summed E-state index contributed by atoms with van der Waals surface area (Å²) in [6.07, 6.45) is 0.729. The molecule has 0 unspecified atom stereocenters. The molecule has 4 aromatic carbocycles. The average molecular weight is 522 g/mol. The lowest BCUT2D eigenvalue weighted by Crippen LogP contribution is -2.27. The Morgan fingerprint density at radius 1 is 0.795 bits per heavy atom. The van der Waals surface area contributed by atoms with Crippen LogP contribution in [0, 0.1) is 5.92 Å². The lowest BCUT2D eigenvalue weighted by atomic mass is 9.93. The Morgan fingerprint density at radius 3 is 2.08 bits per heavy atom. The molecule has 0 spiro atoms. The van der Waals surface area contributed by atoms with E-state index in [1.807, 2.05) is 74.5 Å². The molecule has 6 nitrogen and oxygen atoms in total. The largest absolute Gasteiger partial charge is 0.489 e. The molecule has 0 radical (unpaired) electrons. The van der Waals surface area contributed by atoms with Crippen molar-refractivity contribution in [1.29, 1.82) is 0 Å². The SMILES string of the molecule is CC(C)CNC(=O)c1ccc(-c2ccc(OCc3ccccc3)cc2C=O)c(C(=O)OCc2ccccc2)c1. The monoisotopic (exact) mass is 521 g/mol. The number of carbonyl (C=O) groups is 3. The quantitative estimate of drug-likeness (QED) is 0.180. The fourth-order valence-corrected chi connectivity index (χ4v) is 4.00. The molecule has 0 aliphatic rings. The summed E-state index contributed by atoms with van der Waals surface area (Å²) in [6.45, 7) is 4.95. The van der Waals surface area contributed by atoms with E-state index in [4.69, 9.17) is 9.47 Å². The van der Waals surface area contributed by atoms with Crippen LogP contribution in [-0.4, -0.2) is 24.7 Å². The van der Waals surface area contributed by atoms with Crippen LogP contribution in [0.2, 0.25) is 0 Å². The van der Waals surface area contributed by atoms with Crippen molar-refractivity contribution in [3.63, 3.8) is 0 Å². The minimum atomic E-state index is -0.589. The topological polar surface area (TPSA) is 81.7 Å². The van der Waals surface area contributed by atoms with Crippen molar-refractivity contribution in [2.45, 2.75) is 27.1 Å². The van der Waals surface area contributed by atoms with Crippen molar-refractivity contribution in [3.05, 3.63) is 125 Å². The summed E-state index contributed by atoms with van der Waals surface area (Å²) >= 11 is 0. The number of ether oxygens (including phenoxy) is 2. The molecular formula is C33H31NO5. The highest BCUT2D eigenvalue weighted by Crippen LogP contribution is 2.31. The molecule has 4 aromatic rings. The molecule has 0 bridgehead atoms. The number of aldehydes is 1. The number of nitrogens with one attached hydrogen (secondary N) is 1. The Bertz CT molecular complexity index is 1430. The van der Waals surface area contributed by atoms with Crippen molar-refractivity contribution in [1.82, 2.24) is 5.32 Å². The summed E-state index contributed by atoms with van der Waals surface area (Å²) in [5.41, 5.74) is 3.76. The normalized spacial score (nSPS) is 10.6. The van der Waals surface area contributed by atoms with Crippen LogP contribution >= 0.6 is 0 Å². The summed E-state index contributed by atoms with van der Waals surface area (Å²) in [5.74, 6) is -0.0647. The first-order valence-electron chi connectivity index (χ1n) is 12.8. The van der Waals surface area contributed by atoms with Gasteiger partial charge in [-0.05, 0) is 58.5 Å². The highest BCUT2D eigenvalue weighted by Gasteiger charge is 2.20. The van der Waals surface area contributed by atoms with Crippen molar-refractivity contribution < 1.29 is 23.9 Å². The van der Waals surface area contributed by atoms with Crippen LogP contribution in [0.1, 0.15) is 56.0 Å². The van der Waals surface area contributed by atoms with E-state index in [1.54, 1.807) is 30.3 Å². The highest BCUT2D eigenvalue weighted by molar-refractivity contribution is 6.04. The van der Waals surface area contributed by atoms with Crippen LogP contribution in [0.4, 0.5) is 0 Å². The first-order chi connectivity index (χ1) is 18.9. The molecule has 1 amide bonds. The minimum Gasteiger partial charge on any atom is -0.489 e. The third kappa shape index (κ3) is 7.42. The Balaban J connectivity index is 1.64. The van der Waals surface area contributed by atoms with Gasteiger partial charge in [0, 0.05) is 17.7 Å². The molecule has 0 heterocycles. The number of rotatable bonds is 11. The fraction of sp³-hybridized carbons (Fsp3) is 0.182. The lowest BCUT2D eigenvalue weighted by molar-refractivity contribution is 0.0473. The second-order valence-corrected chi connectivity index (χ2v) is 9.57. The predicted molar refractivity (Wildman–Crippen MR) is 151 cm³/mol.